The van der Waals surface area contributed by atoms with Gasteiger partial charge in [0.2, 0.25) is 0 Å². The molecule has 0 aliphatic rings. The lowest BCUT2D eigenvalue weighted by atomic mass is 9.94. The number of aliphatic hydroxyl groups is 2. The van der Waals surface area contributed by atoms with Gasteiger partial charge in [-0.1, -0.05) is 24.3 Å². The molecular formula is C15H23NO4. The van der Waals surface area contributed by atoms with Gasteiger partial charge in [-0.15, -0.1) is 0 Å². The van der Waals surface area contributed by atoms with Gasteiger partial charge in [-0.05, 0) is 37.6 Å². The number of hydrogen-bond acceptors (Lipinski definition) is 5. The molecule has 1 aromatic carbocycles. The molecule has 0 amide bonds. The average Bonchev–Trinajstić information content (AvgIpc) is 2.49. The molecule has 1 rings (SSSR count). The summed E-state index contributed by atoms with van der Waals surface area (Å²) in [7, 11) is 3.15. The van der Waals surface area contributed by atoms with Crippen molar-refractivity contribution in [1.29, 1.82) is 0 Å². The molecule has 0 saturated carbocycles. The van der Waals surface area contributed by atoms with Gasteiger partial charge >= 0.3 is 5.97 Å². The summed E-state index contributed by atoms with van der Waals surface area (Å²) in [6.07, 6.45) is -0.576. The zero-order chi connectivity index (χ0) is 15.0. The van der Waals surface area contributed by atoms with Crippen LogP contribution in [0.1, 0.15) is 30.1 Å². The summed E-state index contributed by atoms with van der Waals surface area (Å²) >= 11 is 0. The summed E-state index contributed by atoms with van der Waals surface area (Å²) in [5.74, 6) is -0.287. The highest BCUT2D eigenvalue weighted by Gasteiger charge is 2.20. The second-order valence-electron chi connectivity index (χ2n) is 4.68. The number of benzene rings is 1. The number of esters is 1. The third-order valence-corrected chi connectivity index (χ3v) is 3.25. The second-order valence-corrected chi connectivity index (χ2v) is 4.68. The number of aliphatic hydroxyl groups excluding tert-OH is 2. The van der Waals surface area contributed by atoms with E-state index in [1.165, 1.54) is 7.11 Å². The van der Waals surface area contributed by atoms with Crippen LogP contribution in [0.15, 0.2) is 24.3 Å². The van der Waals surface area contributed by atoms with Crippen molar-refractivity contribution in [3.63, 3.8) is 0 Å². The maximum atomic E-state index is 11.2. The first-order valence-electron chi connectivity index (χ1n) is 6.75. The summed E-state index contributed by atoms with van der Waals surface area (Å²) in [5, 5.41) is 23.1. The molecule has 5 heteroatoms. The molecule has 0 fully saturated rings. The molecule has 20 heavy (non-hydrogen) atoms. The number of ether oxygens (including phenoxy) is 1. The van der Waals surface area contributed by atoms with Gasteiger partial charge in [0.05, 0.1) is 13.2 Å². The zero-order valence-electron chi connectivity index (χ0n) is 12.0. The van der Waals surface area contributed by atoms with E-state index in [4.69, 9.17) is 0 Å². The van der Waals surface area contributed by atoms with E-state index in [0.717, 1.165) is 5.56 Å². The lowest BCUT2D eigenvalue weighted by Gasteiger charge is -2.20. The molecule has 3 N–H and O–H groups in total. The fraction of sp³-hybridized carbons (Fsp3) is 0.533. The van der Waals surface area contributed by atoms with Crippen molar-refractivity contribution in [2.75, 3.05) is 20.7 Å². The van der Waals surface area contributed by atoms with Gasteiger partial charge < -0.3 is 20.3 Å². The molecule has 0 aliphatic heterocycles. The highest BCUT2D eigenvalue weighted by atomic mass is 16.5. The number of aryl methyl sites for hydroxylation is 1. The van der Waals surface area contributed by atoms with Crippen molar-refractivity contribution < 1.29 is 19.7 Å². The molecule has 112 valence electrons. The highest BCUT2D eigenvalue weighted by Crippen LogP contribution is 2.23. The third-order valence-electron chi connectivity index (χ3n) is 3.25. The Bertz CT molecular complexity index is 422. The Morgan fingerprint density at radius 3 is 2.70 bits per heavy atom. The lowest BCUT2D eigenvalue weighted by molar-refractivity contribution is -0.140. The number of hydrogen-bond donors (Lipinski definition) is 3. The van der Waals surface area contributed by atoms with Crippen molar-refractivity contribution in [2.45, 2.75) is 31.5 Å². The summed E-state index contributed by atoms with van der Waals surface area (Å²) in [6, 6.07) is 7.29. The Morgan fingerprint density at radius 2 is 2.05 bits per heavy atom. The molecule has 1 aromatic rings. The van der Waals surface area contributed by atoms with Gasteiger partial charge in [-0.25, -0.2) is 0 Å². The second kappa shape index (κ2) is 8.68. The fourth-order valence-electron chi connectivity index (χ4n) is 2.05. The largest absolute Gasteiger partial charge is 0.469 e. The van der Waals surface area contributed by atoms with Crippen molar-refractivity contribution in [3.05, 3.63) is 35.4 Å². The lowest BCUT2D eigenvalue weighted by Crippen LogP contribution is -2.24. The van der Waals surface area contributed by atoms with Crippen LogP contribution in [0.5, 0.6) is 0 Å². The van der Waals surface area contributed by atoms with Crippen LogP contribution >= 0.6 is 0 Å². The van der Waals surface area contributed by atoms with E-state index in [9.17, 15) is 15.0 Å². The van der Waals surface area contributed by atoms with Crippen LogP contribution in [-0.4, -0.2) is 43.0 Å². The van der Waals surface area contributed by atoms with Crippen molar-refractivity contribution in [2.24, 2.45) is 0 Å². The first-order valence-corrected chi connectivity index (χ1v) is 6.75. The molecule has 2 unspecified atom stereocenters. The number of carbonyl (C=O) groups is 1. The number of methoxy groups -OCH3 is 1. The van der Waals surface area contributed by atoms with Crippen LogP contribution in [-0.2, 0) is 16.0 Å². The number of carbonyl (C=O) groups excluding carboxylic acids is 1. The normalized spacial score (nSPS) is 13.8. The van der Waals surface area contributed by atoms with Crippen LogP contribution in [0.3, 0.4) is 0 Å². The van der Waals surface area contributed by atoms with Gasteiger partial charge in [0.1, 0.15) is 6.10 Å². The predicted molar refractivity (Wildman–Crippen MR) is 76.3 cm³/mol. The van der Waals surface area contributed by atoms with Crippen LogP contribution in [0.25, 0.3) is 0 Å². The van der Waals surface area contributed by atoms with E-state index in [1.807, 2.05) is 18.2 Å². The minimum Gasteiger partial charge on any atom is -0.469 e. The molecule has 0 bridgehead atoms. The topological polar surface area (TPSA) is 78.8 Å². The van der Waals surface area contributed by atoms with Crippen LogP contribution in [0.4, 0.5) is 0 Å². The summed E-state index contributed by atoms with van der Waals surface area (Å²) in [5.41, 5.74) is 1.52. The van der Waals surface area contributed by atoms with Crippen molar-refractivity contribution in [1.82, 2.24) is 5.32 Å². The first-order chi connectivity index (χ1) is 9.60. The van der Waals surface area contributed by atoms with Gasteiger partial charge in [0, 0.05) is 6.42 Å². The Labute approximate surface area is 119 Å². The maximum absolute atomic E-state index is 11.2. The monoisotopic (exact) mass is 281 g/mol. The van der Waals surface area contributed by atoms with E-state index < -0.39 is 12.2 Å². The molecule has 0 heterocycles. The van der Waals surface area contributed by atoms with Gasteiger partial charge in [0.15, 0.2) is 0 Å². The Morgan fingerprint density at radius 1 is 1.35 bits per heavy atom. The number of nitrogens with one attached hydrogen (secondary N) is 1. The smallest absolute Gasteiger partial charge is 0.305 e. The molecule has 0 radical (unpaired) electrons. The Hall–Kier alpha value is -1.43. The van der Waals surface area contributed by atoms with Gasteiger partial charge in [-0.2, -0.15) is 0 Å². The van der Waals surface area contributed by atoms with E-state index in [2.05, 4.69) is 10.1 Å². The van der Waals surface area contributed by atoms with Crippen molar-refractivity contribution in [3.8, 4) is 0 Å². The molecular weight excluding hydrogens is 258 g/mol. The quantitative estimate of drug-likeness (QED) is 0.614. The molecule has 0 spiro atoms. The Kier molecular flexibility index (Phi) is 7.22. The standard InChI is InChI=1S/C15H23NO4/c1-16-10-9-13(17)15(19)12-6-4-3-5-11(12)7-8-14(18)20-2/h3-6,13,15-17,19H,7-10H2,1-2H3. The maximum Gasteiger partial charge on any atom is 0.305 e. The summed E-state index contributed by atoms with van der Waals surface area (Å²) < 4.78 is 4.61. The molecule has 0 aliphatic carbocycles. The van der Waals surface area contributed by atoms with Gasteiger partial charge in [-0.3, -0.25) is 4.79 Å². The summed E-state index contributed by atoms with van der Waals surface area (Å²) in [6.45, 7) is 0.628. The van der Waals surface area contributed by atoms with Crippen LogP contribution in [0.2, 0.25) is 0 Å². The highest BCUT2D eigenvalue weighted by molar-refractivity contribution is 5.69. The van der Waals surface area contributed by atoms with Crippen LogP contribution < -0.4 is 5.32 Å². The van der Waals surface area contributed by atoms with E-state index in [0.29, 0.717) is 24.9 Å². The minimum atomic E-state index is -0.947. The molecule has 0 aromatic heterocycles. The van der Waals surface area contributed by atoms with E-state index >= 15 is 0 Å². The SMILES string of the molecule is CNCCC(O)C(O)c1ccccc1CCC(=O)OC. The van der Waals surface area contributed by atoms with Crippen molar-refractivity contribution >= 4 is 5.97 Å². The fourth-order valence-corrected chi connectivity index (χ4v) is 2.05. The predicted octanol–water partition coefficient (Wildman–Crippen LogP) is 0.796. The minimum absolute atomic E-state index is 0.257. The number of rotatable bonds is 8. The third kappa shape index (κ3) is 4.92. The average molecular weight is 281 g/mol. The first kappa shape index (κ1) is 16.6. The molecule has 5 nitrogen and oxygen atoms in total. The van der Waals surface area contributed by atoms with E-state index in [1.54, 1.807) is 13.1 Å². The summed E-state index contributed by atoms with van der Waals surface area (Å²) in [4.78, 5) is 11.2. The van der Waals surface area contributed by atoms with Crippen LogP contribution in [0, 0.1) is 0 Å². The van der Waals surface area contributed by atoms with E-state index in [-0.39, 0.29) is 12.4 Å². The Balaban J connectivity index is 2.75. The van der Waals surface area contributed by atoms with Gasteiger partial charge in [0.25, 0.3) is 0 Å². The molecule has 2 atom stereocenters. The molecule has 0 saturated heterocycles. The zero-order valence-corrected chi connectivity index (χ0v) is 12.0.